The van der Waals surface area contributed by atoms with Gasteiger partial charge in [-0.2, -0.15) is 0 Å². The molecule has 4 aliphatic carbocycles. The maximum Gasteiger partial charge on any atom is 0.306 e. The molecule has 0 unspecified atom stereocenters. The van der Waals surface area contributed by atoms with E-state index in [1.807, 2.05) is 20.8 Å². The van der Waals surface area contributed by atoms with E-state index in [9.17, 15) is 19.5 Å². The Labute approximate surface area is 217 Å². The fraction of sp³-hybridized carbons (Fsp3) is 0.690. The Morgan fingerprint density at radius 1 is 1.33 bits per heavy atom. The highest BCUT2D eigenvalue weighted by atomic mass is 32.2. The van der Waals surface area contributed by atoms with Crippen LogP contribution in [-0.4, -0.2) is 51.5 Å². The molecule has 196 valence electrons. The van der Waals surface area contributed by atoms with Gasteiger partial charge < -0.3 is 9.84 Å². The van der Waals surface area contributed by atoms with Crippen LogP contribution in [0.5, 0.6) is 0 Å². The third kappa shape index (κ3) is 3.58. The molecule has 0 aromatic heterocycles. The summed E-state index contributed by atoms with van der Waals surface area (Å²) in [5, 5.41) is 11.6. The quantitative estimate of drug-likeness (QED) is 0.302. The van der Waals surface area contributed by atoms with Crippen LogP contribution in [0.4, 0.5) is 4.39 Å². The largest absolute Gasteiger partial charge is 0.450 e. The lowest BCUT2D eigenvalue weighted by atomic mass is 9.44. The van der Waals surface area contributed by atoms with Gasteiger partial charge in [0.15, 0.2) is 22.8 Å². The Morgan fingerprint density at radius 2 is 2.06 bits per heavy atom. The molecular weight excluding hydrogens is 479 g/mol. The predicted molar refractivity (Wildman–Crippen MR) is 138 cm³/mol. The van der Waals surface area contributed by atoms with Crippen molar-refractivity contribution >= 4 is 29.3 Å². The summed E-state index contributed by atoms with van der Waals surface area (Å²) in [6, 6.07) is 0. The first-order chi connectivity index (χ1) is 16.9. The maximum absolute atomic E-state index is 17.4. The first-order valence-electron chi connectivity index (χ1n) is 13.0. The number of allylic oxidation sites excluding steroid dienone is 4. The van der Waals surface area contributed by atoms with Gasteiger partial charge in [0.25, 0.3) is 0 Å². The number of thioether (sulfide) groups is 1. The van der Waals surface area contributed by atoms with Crippen molar-refractivity contribution in [3.8, 4) is 12.3 Å². The van der Waals surface area contributed by atoms with Gasteiger partial charge in [-0.3, -0.25) is 14.4 Å². The zero-order valence-corrected chi connectivity index (χ0v) is 22.5. The molecule has 1 N–H and O–H groups in total. The number of ketones is 2. The number of esters is 1. The van der Waals surface area contributed by atoms with Gasteiger partial charge in [-0.1, -0.05) is 38.3 Å². The summed E-state index contributed by atoms with van der Waals surface area (Å²) >= 11 is 1.30. The second kappa shape index (κ2) is 9.44. The van der Waals surface area contributed by atoms with Crippen molar-refractivity contribution in [2.75, 3.05) is 11.5 Å². The summed E-state index contributed by atoms with van der Waals surface area (Å²) in [5.74, 6) is 0.992. The first kappa shape index (κ1) is 27.1. The fourth-order valence-corrected chi connectivity index (χ4v) is 8.76. The molecule has 8 atom stereocenters. The number of Topliss-reactive ketones (excluding diaryl/α,β-unsaturated/α-hetero) is 1. The molecule has 0 aromatic rings. The number of aliphatic hydroxyl groups is 1. The van der Waals surface area contributed by atoms with Crippen molar-refractivity contribution < 1.29 is 28.6 Å². The van der Waals surface area contributed by atoms with E-state index in [0.717, 1.165) is 0 Å². The van der Waals surface area contributed by atoms with Gasteiger partial charge in [0, 0.05) is 29.1 Å². The van der Waals surface area contributed by atoms with Gasteiger partial charge >= 0.3 is 5.97 Å². The van der Waals surface area contributed by atoms with Crippen LogP contribution in [-0.2, 0) is 19.1 Å². The lowest BCUT2D eigenvalue weighted by Crippen LogP contribution is -2.70. The molecule has 3 fully saturated rings. The Hall–Kier alpha value is -1.91. The highest BCUT2D eigenvalue weighted by Crippen LogP contribution is 2.71. The van der Waals surface area contributed by atoms with Crippen LogP contribution in [0.2, 0.25) is 0 Å². The van der Waals surface area contributed by atoms with Gasteiger partial charge in [0.1, 0.15) is 0 Å². The summed E-state index contributed by atoms with van der Waals surface area (Å²) in [5.41, 5.74) is -4.78. The number of carbonyl (C=O) groups is 3. The number of terminal acetylenes is 1. The molecule has 5 nitrogen and oxygen atoms in total. The molecule has 4 aliphatic rings. The molecule has 0 radical (unpaired) electrons. The smallest absolute Gasteiger partial charge is 0.306 e. The van der Waals surface area contributed by atoms with Gasteiger partial charge in [-0.25, -0.2) is 4.39 Å². The molecule has 36 heavy (non-hydrogen) atoms. The summed E-state index contributed by atoms with van der Waals surface area (Å²) in [6.45, 7) is 7.46. The third-order valence-corrected chi connectivity index (χ3v) is 10.6. The average Bonchev–Trinajstić information content (AvgIpc) is 3.03. The van der Waals surface area contributed by atoms with Crippen molar-refractivity contribution in [2.24, 2.45) is 28.6 Å². The fourth-order valence-electron chi connectivity index (χ4n) is 8.14. The minimum Gasteiger partial charge on any atom is -0.450 e. The lowest BCUT2D eigenvalue weighted by molar-refractivity contribution is -0.227. The van der Waals surface area contributed by atoms with E-state index in [1.54, 1.807) is 13.0 Å². The van der Waals surface area contributed by atoms with Crippen LogP contribution >= 0.6 is 11.8 Å². The molecular formula is C29H37FO5S. The number of halogens is 1. The van der Waals surface area contributed by atoms with Crippen LogP contribution in [0.25, 0.3) is 0 Å². The average molecular weight is 517 g/mol. The number of aliphatic hydroxyl groups excluding tert-OH is 1. The van der Waals surface area contributed by atoms with Crippen LogP contribution in [0, 0.1) is 40.9 Å². The van der Waals surface area contributed by atoms with Crippen LogP contribution in [0.15, 0.2) is 23.8 Å². The second-order valence-electron chi connectivity index (χ2n) is 11.5. The highest BCUT2D eigenvalue weighted by molar-refractivity contribution is 8.00. The van der Waals surface area contributed by atoms with Crippen molar-refractivity contribution in [3.63, 3.8) is 0 Å². The standard InChI is InChI=1S/C29H37FO5S/c1-6-8-25(34)35-29(24(33)17-36-13-7-2)18(3)14-22-21-10-9-19-15-20(31)11-12-26(19,4)28(21,30)23(32)16-27(22,29)5/h2,11-12,15,18,21-23,32H,6,8-10,13-14,16-17H2,1,3-5H3/t18-,21-,22-,23-,26-,27-,28-,29-/m0/s1. The monoisotopic (exact) mass is 516 g/mol. The van der Waals surface area contributed by atoms with Gasteiger partial charge in [-0.15, -0.1) is 18.2 Å². The van der Waals surface area contributed by atoms with Crippen LogP contribution < -0.4 is 0 Å². The number of ether oxygens (including phenoxy) is 1. The Morgan fingerprint density at radius 3 is 2.72 bits per heavy atom. The molecule has 0 bridgehead atoms. The van der Waals surface area contributed by atoms with E-state index in [2.05, 4.69) is 5.92 Å². The van der Waals surface area contributed by atoms with E-state index < -0.39 is 40.1 Å². The van der Waals surface area contributed by atoms with Gasteiger partial charge in [-0.05, 0) is 57.1 Å². The summed E-state index contributed by atoms with van der Waals surface area (Å²) in [4.78, 5) is 38.9. The topological polar surface area (TPSA) is 80.7 Å². The Balaban J connectivity index is 1.80. The second-order valence-corrected chi connectivity index (χ2v) is 12.5. The number of hydrogen-bond acceptors (Lipinski definition) is 6. The number of alkyl halides is 1. The molecule has 0 spiro atoms. The molecule has 0 heterocycles. The summed E-state index contributed by atoms with van der Waals surface area (Å²) in [7, 11) is 0. The number of fused-ring (bicyclic) bond motifs is 5. The van der Waals surface area contributed by atoms with E-state index in [0.29, 0.717) is 37.0 Å². The van der Waals surface area contributed by atoms with Gasteiger partial charge in [0.05, 0.1) is 17.6 Å². The normalized spacial score (nSPS) is 43.0. The lowest BCUT2D eigenvalue weighted by Gasteiger charge is -2.62. The molecule has 3 saturated carbocycles. The minimum absolute atomic E-state index is 0.00931. The van der Waals surface area contributed by atoms with E-state index >= 15 is 4.39 Å². The number of carbonyl (C=O) groups excluding carboxylic acids is 3. The molecule has 0 aromatic carbocycles. The maximum atomic E-state index is 17.4. The van der Waals surface area contributed by atoms with E-state index in [4.69, 9.17) is 11.2 Å². The summed E-state index contributed by atoms with van der Waals surface area (Å²) in [6.07, 6.45) is 10.8. The third-order valence-electron chi connectivity index (χ3n) is 9.74. The highest BCUT2D eigenvalue weighted by Gasteiger charge is 2.77. The first-order valence-corrected chi connectivity index (χ1v) is 14.1. The van der Waals surface area contributed by atoms with Gasteiger partial charge in [0.2, 0.25) is 0 Å². The van der Waals surface area contributed by atoms with E-state index in [1.165, 1.54) is 23.9 Å². The van der Waals surface area contributed by atoms with Crippen molar-refractivity contribution in [1.29, 1.82) is 0 Å². The number of hydrogen-bond donors (Lipinski definition) is 1. The van der Waals surface area contributed by atoms with Crippen molar-refractivity contribution in [2.45, 2.75) is 83.6 Å². The zero-order chi connectivity index (χ0) is 26.5. The van der Waals surface area contributed by atoms with Crippen LogP contribution in [0.3, 0.4) is 0 Å². The SMILES string of the molecule is C#CCSCC(=O)[C@@]1(OC(=O)CCC)[C@@H](C)C[C@H]2[C@@H]3CCC4=CC(=O)C=C[C@]4(C)[C@@]3(F)[C@@H](O)C[C@@]21C. The zero-order valence-electron chi connectivity index (χ0n) is 21.6. The molecule has 0 saturated heterocycles. The summed E-state index contributed by atoms with van der Waals surface area (Å²) < 4.78 is 23.6. The molecule has 0 aliphatic heterocycles. The Bertz CT molecular complexity index is 1060. The number of rotatable bonds is 7. The minimum atomic E-state index is -2.00. The van der Waals surface area contributed by atoms with Crippen molar-refractivity contribution in [3.05, 3.63) is 23.8 Å². The molecule has 4 rings (SSSR count). The Kier molecular flexibility index (Phi) is 7.11. The predicted octanol–water partition coefficient (Wildman–Crippen LogP) is 4.62. The van der Waals surface area contributed by atoms with Crippen LogP contribution in [0.1, 0.15) is 66.2 Å². The molecule has 7 heteroatoms. The van der Waals surface area contributed by atoms with Crippen molar-refractivity contribution in [1.82, 2.24) is 0 Å². The molecule has 0 amide bonds. The van der Waals surface area contributed by atoms with E-state index in [-0.39, 0.29) is 42.0 Å².